The van der Waals surface area contributed by atoms with E-state index in [0.29, 0.717) is 42.2 Å². The van der Waals surface area contributed by atoms with Gasteiger partial charge in [-0.1, -0.05) is 48.0 Å². The fourth-order valence-electron chi connectivity index (χ4n) is 3.38. The largest absolute Gasteiger partial charge is 0.383 e. The van der Waals surface area contributed by atoms with Crippen LogP contribution in [0, 0.1) is 6.92 Å². The van der Waals surface area contributed by atoms with Gasteiger partial charge in [0.25, 0.3) is 11.5 Å². The van der Waals surface area contributed by atoms with Crippen molar-refractivity contribution in [3.8, 4) is 16.9 Å². The molecule has 1 amide bonds. The molecule has 0 spiro atoms. The lowest BCUT2D eigenvalue weighted by molar-refractivity contribution is 0.0950. The lowest BCUT2D eigenvalue weighted by Gasteiger charge is -2.13. The van der Waals surface area contributed by atoms with E-state index < -0.39 is 0 Å². The van der Waals surface area contributed by atoms with Crippen LogP contribution in [0.1, 0.15) is 21.5 Å². The highest BCUT2D eigenvalue weighted by Crippen LogP contribution is 2.22. The van der Waals surface area contributed by atoms with Crippen LogP contribution in [-0.4, -0.2) is 34.0 Å². The van der Waals surface area contributed by atoms with Crippen molar-refractivity contribution in [2.45, 2.75) is 20.0 Å². The number of hydrogen-bond acceptors (Lipinski definition) is 4. The number of aromatic nitrogens is 3. The van der Waals surface area contributed by atoms with Gasteiger partial charge in [-0.25, -0.2) is 0 Å². The summed E-state index contributed by atoms with van der Waals surface area (Å²) in [6.07, 6.45) is 3.44. The van der Waals surface area contributed by atoms with Gasteiger partial charge in [-0.2, -0.15) is 9.78 Å². The first-order valence-corrected chi connectivity index (χ1v) is 10.1. The number of amides is 1. The number of nitrogens with one attached hydrogen (secondary N) is 1. The topological polar surface area (TPSA) is 78.2 Å². The first-order chi connectivity index (χ1) is 15.1. The number of fused-ring (bicyclic) bond motifs is 1. The number of aryl methyl sites for hydroxylation is 1. The number of benzene rings is 2. The van der Waals surface area contributed by atoms with E-state index in [0.717, 1.165) is 11.1 Å². The molecule has 2 heterocycles. The average Bonchev–Trinajstić information content (AvgIpc) is 3.13. The van der Waals surface area contributed by atoms with Crippen LogP contribution in [-0.2, 0) is 17.8 Å². The van der Waals surface area contributed by atoms with Gasteiger partial charge in [-0.15, -0.1) is 0 Å². The smallest absolute Gasteiger partial charge is 0.282 e. The predicted molar refractivity (Wildman–Crippen MR) is 119 cm³/mol. The maximum Gasteiger partial charge on any atom is 0.282 e. The summed E-state index contributed by atoms with van der Waals surface area (Å²) >= 11 is 0. The molecule has 0 saturated carbocycles. The molecule has 0 bridgehead atoms. The van der Waals surface area contributed by atoms with E-state index in [9.17, 15) is 9.59 Å². The molecule has 0 saturated heterocycles. The van der Waals surface area contributed by atoms with Crippen molar-refractivity contribution in [1.29, 1.82) is 0 Å². The molecule has 158 valence electrons. The van der Waals surface area contributed by atoms with Crippen molar-refractivity contribution < 1.29 is 9.53 Å². The van der Waals surface area contributed by atoms with Gasteiger partial charge in [-0.05, 0) is 24.6 Å². The number of rotatable bonds is 7. The number of carbonyl (C=O) groups excluding carboxylic acids is 1. The summed E-state index contributed by atoms with van der Waals surface area (Å²) in [5.74, 6) is -0.282. The summed E-state index contributed by atoms with van der Waals surface area (Å²) in [6, 6.07) is 17.2. The Kier molecular flexibility index (Phi) is 5.95. The zero-order chi connectivity index (χ0) is 21.8. The van der Waals surface area contributed by atoms with Crippen LogP contribution in [0.4, 0.5) is 0 Å². The molecule has 31 heavy (non-hydrogen) atoms. The van der Waals surface area contributed by atoms with Crippen molar-refractivity contribution in [3.63, 3.8) is 0 Å². The molecule has 2 aliphatic rings. The maximum absolute atomic E-state index is 13.1. The van der Waals surface area contributed by atoms with Gasteiger partial charge in [0.05, 0.1) is 23.4 Å². The van der Waals surface area contributed by atoms with Crippen molar-refractivity contribution in [3.05, 3.63) is 94.0 Å². The van der Waals surface area contributed by atoms with E-state index in [1.807, 2.05) is 61.5 Å². The molecular weight excluding hydrogens is 392 g/mol. The van der Waals surface area contributed by atoms with E-state index in [1.165, 1.54) is 4.68 Å². The third-order valence-corrected chi connectivity index (χ3v) is 5.10. The molecule has 2 aromatic rings. The molecule has 0 aliphatic carbocycles. The lowest BCUT2D eigenvalue weighted by atomic mass is 10.1. The van der Waals surface area contributed by atoms with Crippen LogP contribution < -0.4 is 10.9 Å². The van der Waals surface area contributed by atoms with Gasteiger partial charge in [0.1, 0.15) is 5.69 Å². The summed E-state index contributed by atoms with van der Waals surface area (Å²) in [7, 11) is 1.61. The van der Waals surface area contributed by atoms with Crippen LogP contribution in [0.5, 0.6) is 0 Å². The van der Waals surface area contributed by atoms with Crippen molar-refractivity contribution >= 4 is 5.91 Å². The van der Waals surface area contributed by atoms with Gasteiger partial charge in [0.2, 0.25) is 0 Å². The molecule has 2 aliphatic heterocycles. The fourth-order valence-corrected chi connectivity index (χ4v) is 3.38. The number of hydrogen-bond donors (Lipinski definition) is 1. The Morgan fingerprint density at radius 1 is 1.06 bits per heavy atom. The second-order valence-corrected chi connectivity index (χ2v) is 7.39. The van der Waals surface area contributed by atoms with Crippen molar-refractivity contribution in [1.82, 2.24) is 19.7 Å². The average molecular weight is 416 g/mol. The number of nitrogens with zero attached hydrogens (tertiary/aromatic N) is 3. The molecule has 0 unspecified atom stereocenters. The SMILES string of the molecule is COCCn1cc(C(=O)NCc2ccc(C)cc2)c2nn(-c3ccccc3)c(=O)c-2c1. The monoisotopic (exact) mass is 416 g/mol. The number of para-hydroxylation sites is 1. The standard InChI is InChI=1S/C24H24N4O3/c1-17-8-10-18(11-9-17)14-25-23(29)20-15-27(12-13-31-2)16-21-22(20)26-28(24(21)30)19-6-4-3-5-7-19/h3-11,15-16H,12-14H2,1-2H3,(H,25,29). The van der Waals surface area contributed by atoms with E-state index in [4.69, 9.17) is 4.74 Å². The minimum absolute atomic E-state index is 0.263. The van der Waals surface area contributed by atoms with Crippen LogP contribution in [0.3, 0.4) is 0 Å². The molecule has 0 atom stereocenters. The predicted octanol–water partition coefficient (Wildman–Crippen LogP) is 3.02. The molecular formula is C24H24N4O3. The highest BCUT2D eigenvalue weighted by atomic mass is 16.5. The van der Waals surface area contributed by atoms with E-state index in [-0.39, 0.29) is 11.5 Å². The first kappa shape index (κ1) is 20.6. The minimum atomic E-state index is -0.282. The van der Waals surface area contributed by atoms with Crippen LogP contribution >= 0.6 is 0 Å². The Hall–Kier alpha value is -3.71. The Morgan fingerprint density at radius 2 is 1.81 bits per heavy atom. The van der Waals surface area contributed by atoms with Crippen molar-refractivity contribution in [2.24, 2.45) is 0 Å². The highest BCUT2D eigenvalue weighted by Gasteiger charge is 2.24. The van der Waals surface area contributed by atoms with Gasteiger partial charge in [0, 0.05) is 32.6 Å². The Balaban J connectivity index is 1.72. The molecule has 7 heteroatoms. The number of carbonyl (C=O) groups is 1. The fraction of sp³-hybridized carbons (Fsp3) is 0.208. The molecule has 0 fully saturated rings. The van der Waals surface area contributed by atoms with E-state index >= 15 is 0 Å². The molecule has 0 radical (unpaired) electrons. The summed E-state index contributed by atoms with van der Waals surface area (Å²) in [5, 5.41) is 7.43. The number of ether oxygens (including phenoxy) is 1. The van der Waals surface area contributed by atoms with Gasteiger partial charge < -0.3 is 14.6 Å². The highest BCUT2D eigenvalue weighted by molar-refractivity contribution is 5.99. The Bertz CT molecular complexity index is 1210. The normalized spacial score (nSPS) is 11.0. The van der Waals surface area contributed by atoms with Gasteiger partial charge >= 0.3 is 0 Å². The second-order valence-electron chi connectivity index (χ2n) is 7.39. The lowest BCUT2D eigenvalue weighted by Crippen LogP contribution is -2.25. The molecule has 0 aromatic heterocycles. The van der Waals surface area contributed by atoms with Crippen LogP contribution in [0.15, 0.2) is 71.8 Å². The first-order valence-electron chi connectivity index (χ1n) is 10.1. The van der Waals surface area contributed by atoms with Crippen LogP contribution in [0.2, 0.25) is 0 Å². The van der Waals surface area contributed by atoms with E-state index in [2.05, 4.69) is 10.4 Å². The summed E-state index contributed by atoms with van der Waals surface area (Å²) in [4.78, 5) is 26.1. The number of methoxy groups -OCH3 is 1. The third-order valence-electron chi connectivity index (χ3n) is 5.10. The van der Waals surface area contributed by atoms with E-state index in [1.54, 1.807) is 24.1 Å². The van der Waals surface area contributed by atoms with Crippen molar-refractivity contribution in [2.75, 3.05) is 13.7 Å². The molecule has 4 rings (SSSR count). The van der Waals surface area contributed by atoms with Crippen LogP contribution in [0.25, 0.3) is 16.9 Å². The third kappa shape index (κ3) is 4.41. The minimum Gasteiger partial charge on any atom is -0.383 e. The quantitative estimate of drug-likeness (QED) is 0.502. The molecule has 1 N–H and O–H groups in total. The summed E-state index contributed by atoms with van der Waals surface area (Å²) in [5.41, 5.74) is 3.67. The van der Waals surface area contributed by atoms with Gasteiger partial charge in [0.15, 0.2) is 0 Å². The van der Waals surface area contributed by atoms with Gasteiger partial charge in [-0.3, -0.25) is 9.59 Å². The molecule has 7 nitrogen and oxygen atoms in total. The maximum atomic E-state index is 13.1. The zero-order valence-electron chi connectivity index (χ0n) is 17.5. The zero-order valence-corrected chi connectivity index (χ0v) is 17.5. The molecule has 2 aromatic carbocycles. The summed E-state index contributed by atoms with van der Waals surface area (Å²) in [6.45, 7) is 3.38. The second kappa shape index (κ2) is 8.97. The Morgan fingerprint density at radius 3 is 2.52 bits per heavy atom. The summed E-state index contributed by atoms with van der Waals surface area (Å²) < 4.78 is 8.29. The number of pyridine rings is 1. The Labute approximate surface area is 180 Å².